The van der Waals surface area contributed by atoms with Crippen molar-refractivity contribution in [2.45, 2.75) is 51.9 Å². The van der Waals surface area contributed by atoms with Gasteiger partial charge in [-0.25, -0.2) is 0 Å². The molecule has 0 bridgehead atoms. The molecule has 0 N–H and O–H groups in total. The Balaban J connectivity index is 1.74. The number of rotatable bonds is 0. The van der Waals surface area contributed by atoms with Gasteiger partial charge >= 0.3 is 0 Å². The summed E-state index contributed by atoms with van der Waals surface area (Å²) >= 11 is 4.06. The number of aryl methyl sites for hydroxylation is 4. The fourth-order valence-corrected chi connectivity index (χ4v) is 12.7. The van der Waals surface area contributed by atoms with Crippen molar-refractivity contribution in [1.82, 2.24) is 0 Å². The van der Waals surface area contributed by atoms with Gasteiger partial charge in [0, 0.05) is 19.5 Å². The molecule has 0 saturated carbocycles. The van der Waals surface area contributed by atoms with Gasteiger partial charge in [0.25, 0.3) is 0 Å². The van der Waals surface area contributed by atoms with Crippen molar-refractivity contribution in [3.05, 3.63) is 41.8 Å². The Morgan fingerprint density at radius 2 is 0.842 bits per heavy atom. The second-order valence-corrected chi connectivity index (χ2v) is 13.8. The summed E-state index contributed by atoms with van der Waals surface area (Å²) < 4.78 is 0. The van der Waals surface area contributed by atoms with Crippen LogP contribution in [0.4, 0.5) is 0 Å². The van der Waals surface area contributed by atoms with Crippen molar-refractivity contribution >= 4 is 30.7 Å². The molecule has 0 aliphatic carbocycles. The lowest BCUT2D eigenvalue weighted by atomic mass is 10.2. The number of fused-ring (bicyclic) bond motifs is 2. The molecule has 2 aliphatic heterocycles. The van der Waals surface area contributed by atoms with Crippen LogP contribution in [-0.4, -0.2) is 8.07 Å². The molecule has 0 atom stereocenters. The smallest absolute Gasteiger partial charge is 0.0712 e. The van der Waals surface area contributed by atoms with Gasteiger partial charge in [-0.05, 0) is 74.1 Å². The molecule has 0 nitrogen and oxygen atoms in total. The zero-order valence-corrected chi connectivity index (χ0v) is 14.8. The lowest BCUT2D eigenvalue weighted by Gasteiger charge is -2.20. The van der Waals surface area contributed by atoms with Crippen LogP contribution in [0, 0.1) is 27.7 Å². The van der Waals surface area contributed by atoms with Gasteiger partial charge in [-0.1, -0.05) is 0 Å². The summed E-state index contributed by atoms with van der Waals surface area (Å²) in [4.78, 5) is 6.44. The van der Waals surface area contributed by atoms with Crippen molar-refractivity contribution in [3.63, 3.8) is 0 Å². The predicted molar refractivity (Wildman–Crippen MR) is 88.2 cm³/mol. The average Bonchev–Trinajstić information content (AvgIpc) is 3.02. The Morgan fingerprint density at radius 3 is 1.11 bits per heavy atom. The Morgan fingerprint density at radius 1 is 0.579 bits per heavy atom. The summed E-state index contributed by atoms with van der Waals surface area (Å²) in [5.74, 6) is 0. The molecule has 4 heterocycles. The third-order valence-corrected chi connectivity index (χ3v) is 11.9. The van der Waals surface area contributed by atoms with Crippen LogP contribution < -0.4 is 0 Å². The molecule has 0 fully saturated rings. The second kappa shape index (κ2) is 3.83. The SMILES string of the molecule is Cc1sc(C)c2c1C[Si]1(C2)Cc2c(C)sc(C)c2C1. The van der Waals surface area contributed by atoms with Crippen molar-refractivity contribution in [3.8, 4) is 0 Å². The van der Waals surface area contributed by atoms with Gasteiger partial charge in [0.1, 0.15) is 0 Å². The third kappa shape index (κ3) is 1.61. The van der Waals surface area contributed by atoms with Gasteiger partial charge in [-0.2, -0.15) is 0 Å². The van der Waals surface area contributed by atoms with Crippen LogP contribution in [0.5, 0.6) is 0 Å². The number of hydrogen-bond donors (Lipinski definition) is 0. The van der Waals surface area contributed by atoms with E-state index in [2.05, 4.69) is 27.7 Å². The van der Waals surface area contributed by atoms with Crippen LogP contribution >= 0.6 is 22.7 Å². The van der Waals surface area contributed by atoms with Crippen LogP contribution in [0.2, 0.25) is 0 Å². The first kappa shape index (κ1) is 12.4. The highest BCUT2D eigenvalue weighted by Crippen LogP contribution is 2.46. The van der Waals surface area contributed by atoms with E-state index in [9.17, 15) is 0 Å². The van der Waals surface area contributed by atoms with E-state index >= 15 is 0 Å². The second-order valence-electron chi connectivity index (χ2n) is 6.55. The van der Waals surface area contributed by atoms with Gasteiger partial charge in [0.15, 0.2) is 0 Å². The molecule has 2 aromatic rings. The Hall–Kier alpha value is -0.383. The van der Waals surface area contributed by atoms with Crippen LogP contribution in [0.25, 0.3) is 0 Å². The summed E-state index contributed by atoms with van der Waals surface area (Å²) in [5.41, 5.74) is 7.05. The Bertz CT molecular complexity index is 573. The molecule has 0 unspecified atom stereocenters. The molecular weight excluding hydrogens is 284 g/mol. The lowest BCUT2D eigenvalue weighted by Crippen LogP contribution is -2.38. The Kier molecular flexibility index (Phi) is 2.50. The highest BCUT2D eigenvalue weighted by Gasteiger charge is 2.47. The molecule has 2 aliphatic rings. The summed E-state index contributed by atoms with van der Waals surface area (Å²) in [6.07, 6.45) is 0. The average molecular weight is 305 g/mol. The van der Waals surface area contributed by atoms with Gasteiger partial charge in [-0.3, -0.25) is 0 Å². The maximum Gasteiger partial charge on any atom is 0.0712 e. The van der Waals surface area contributed by atoms with Crippen molar-refractivity contribution in [2.75, 3.05) is 0 Å². The monoisotopic (exact) mass is 304 g/mol. The standard InChI is InChI=1S/C16H20S2Si/c1-9-13-5-19(6-14(13)10(2)17-9)7-15-11(3)18-12(4)16(15)8-19/h5-8H2,1-4H3. The van der Waals surface area contributed by atoms with Crippen LogP contribution in [0.15, 0.2) is 0 Å². The highest BCUT2D eigenvalue weighted by atomic mass is 32.1. The van der Waals surface area contributed by atoms with Crippen LogP contribution in [0.1, 0.15) is 41.8 Å². The van der Waals surface area contributed by atoms with Crippen molar-refractivity contribution < 1.29 is 0 Å². The molecule has 19 heavy (non-hydrogen) atoms. The molecule has 0 aromatic carbocycles. The zero-order valence-electron chi connectivity index (χ0n) is 12.1. The van der Waals surface area contributed by atoms with E-state index < -0.39 is 8.07 Å². The van der Waals surface area contributed by atoms with E-state index in [0.29, 0.717) is 0 Å². The Labute approximate surface area is 124 Å². The summed E-state index contributed by atoms with van der Waals surface area (Å²) in [6, 6.07) is 5.88. The molecule has 3 heteroatoms. The fourth-order valence-electron chi connectivity index (χ4n) is 4.36. The topological polar surface area (TPSA) is 0 Å². The summed E-state index contributed by atoms with van der Waals surface area (Å²) in [7, 11) is -1.09. The molecule has 2 aromatic heterocycles. The van der Waals surface area contributed by atoms with Crippen molar-refractivity contribution in [2.24, 2.45) is 0 Å². The van der Waals surface area contributed by atoms with E-state index in [1.807, 2.05) is 22.7 Å². The summed E-state index contributed by atoms with van der Waals surface area (Å²) in [6.45, 7) is 9.35. The first-order chi connectivity index (χ1) is 8.99. The van der Waals surface area contributed by atoms with E-state index in [4.69, 9.17) is 0 Å². The highest BCUT2D eigenvalue weighted by molar-refractivity contribution is 7.13. The quantitative estimate of drug-likeness (QED) is 0.627. The van der Waals surface area contributed by atoms with Gasteiger partial charge in [-0.15, -0.1) is 22.7 Å². The first-order valence-electron chi connectivity index (χ1n) is 7.14. The molecule has 100 valence electrons. The van der Waals surface area contributed by atoms with Gasteiger partial charge in [0.2, 0.25) is 0 Å². The van der Waals surface area contributed by atoms with Crippen molar-refractivity contribution in [1.29, 1.82) is 0 Å². The summed E-state index contributed by atoms with van der Waals surface area (Å²) in [5, 5.41) is 0. The molecule has 4 rings (SSSR count). The maximum atomic E-state index is 2.34. The lowest BCUT2D eigenvalue weighted by molar-refractivity contribution is 1.22. The van der Waals surface area contributed by atoms with Crippen LogP contribution in [0.3, 0.4) is 0 Å². The molecule has 0 amide bonds. The number of hydrogen-bond acceptors (Lipinski definition) is 2. The molecular formula is C16H20S2Si. The predicted octanol–water partition coefficient (Wildman–Crippen LogP) is 4.55. The largest absolute Gasteiger partial charge is 0.145 e. The van der Waals surface area contributed by atoms with Gasteiger partial charge < -0.3 is 0 Å². The van der Waals surface area contributed by atoms with E-state index in [1.165, 1.54) is 24.2 Å². The van der Waals surface area contributed by atoms with Gasteiger partial charge in [0.05, 0.1) is 8.07 Å². The zero-order chi connectivity index (χ0) is 13.4. The minimum Gasteiger partial charge on any atom is -0.145 e. The molecule has 0 radical (unpaired) electrons. The molecule has 0 saturated heterocycles. The molecule has 1 spiro atoms. The maximum absolute atomic E-state index is 2.34. The van der Waals surface area contributed by atoms with E-state index in [0.717, 1.165) is 0 Å². The minimum absolute atomic E-state index is 1.09. The number of thiophene rings is 2. The first-order valence-corrected chi connectivity index (χ1v) is 11.6. The fraction of sp³-hybridized carbons (Fsp3) is 0.500. The third-order valence-electron chi connectivity index (χ3n) is 5.25. The van der Waals surface area contributed by atoms with E-state index in [1.54, 1.807) is 41.8 Å². The normalized spacial score (nSPS) is 19.2. The van der Waals surface area contributed by atoms with Crippen LogP contribution in [-0.2, 0) is 24.2 Å². The minimum atomic E-state index is -1.09. The van der Waals surface area contributed by atoms with E-state index in [-0.39, 0.29) is 0 Å².